The third-order valence-corrected chi connectivity index (χ3v) is 8.12. The zero-order valence-electron chi connectivity index (χ0n) is 18.0. The van der Waals surface area contributed by atoms with Crippen molar-refractivity contribution in [2.75, 3.05) is 18.8 Å². The van der Waals surface area contributed by atoms with Crippen molar-refractivity contribution >= 4 is 29.1 Å². The van der Waals surface area contributed by atoms with Crippen LogP contribution in [0.1, 0.15) is 34.3 Å². The van der Waals surface area contributed by atoms with Gasteiger partial charge in [0.15, 0.2) is 0 Å². The van der Waals surface area contributed by atoms with Crippen LogP contribution in [-0.2, 0) is 16.1 Å². The molecule has 0 saturated carbocycles. The van der Waals surface area contributed by atoms with E-state index in [1.165, 1.54) is 17.3 Å². The van der Waals surface area contributed by atoms with Crippen LogP contribution < -0.4 is 0 Å². The van der Waals surface area contributed by atoms with Crippen LogP contribution in [0.2, 0.25) is 0 Å². The van der Waals surface area contributed by atoms with E-state index in [0.29, 0.717) is 22.0 Å². The normalized spacial score (nSPS) is 19.9. The molecule has 1 spiro atoms. The van der Waals surface area contributed by atoms with Gasteiger partial charge in [0.05, 0.1) is 6.20 Å². The van der Waals surface area contributed by atoms with Gasteiger partial charge >= 0.3 is 0 Å². The highest BCUT2D eigenvalue weighted by atomic mass is 32.2. The molecule has 0 amide bonds. The van der Waals surface area contributed by atoms with Crippen LogP contribution in [0.5, 0.6) is 0 Å². The molecule has 1 fully saturated rings. The predicted molar refractivity (Wildman–Crippen MR) is 128 cm³/mol. The summed E-state index contributed by atoms with van der Waals surface area (Å²) in [5.41, 5.74) is 4.44. The van der Waals surface area contributed by atoms with Crippen molar-refractivity contribution in [1.82, 2.24) is 15.1 Å². The highest BCUT2D eigenvalue weighted by molar-refractivity contribution is 8.04. The molecule has 1 aromatic heterocycles. The molecule has 1 N–H and O–H groups in total. The number of fused-ring (bicyclic) bond motifs is 2. The highest BCUT2D eigenvalue weighted by Gasteiger charge is 2.45. The van der Waals surface area contributed by atoms with E-state index in [4.69, 9.17) is 4.74 Å². The fourth-order valence-electron chi connectivity index (χ4n) is 4.85. The molecule has 3 aromatic rings. The first-order chi connectivity index (χ1) is 16.1. The maximum absolute atomic E-state index is 12.6. The number of aromatic nitrogens is 2. The van der Waals surface area contributed by atoms with Crippen molar-refractivity contribution in [3.8, 4) is 11.1 Å². The number of rotatable bonds is 3. The van der Waals surface area contributed by atoms with Crippen LogP contribution in [-0.4, -0.2) is 51.1 Å². The number of hydrogen-bond donors (Lipinski definition) is 1. The molecule has 3 aliphatic rings. The zero-order chi connectivity index (χ0) is 22.4. The number of Topliss-reactive ketones (excluding diaryl/α,β-unsaturated/α-hetero) is 2. The summed E-state index contributed by atoms with van der Waals surface area (Å²) in [4.78, 5) is 28.0. The van der Waals surface area contributed by atoms with Gasteiger partial charge in [-0.3, -0.25) is 19.6 Å². The minimum atomic E-state index is -0.431. The number of ketones is 2. The summed E-state index contributed by atoms with van der Waals surface area (Å²) in [5.74, 6) is 0.458. The number of nitrogens with zero attached hydrogens (tertiary/aromatic N) is 2. The van der Waals surface area contributed by atoms with Crippen molar-refractivity contribution in [2.45, 2.75) is 25.0 Å². The quantitative estimate of drug-likeness (QED) is 0.591. The number of hydrogen-bond acceptors (Lipinski definition) is 6. The number of allylic oxidation sites excluding steroid dienone is 1. The molecule has 6 rings (SSSR count). The second kappa shape index (κ2) is 8.01. The van der Waals surface area contributed by atoms with Crippen LogP contribution >= 0.6 is 11.8 Å². The Morgan fingerprint density at radius 2 is 1.73 bits per heavy atom. The lowest BCUT2D eigenvalue weighted by Crippen LogP contribution is -2.49. The lowest BCUT2D eigenvalue weighted by Gasteiger charge is -2.45. The number of H-pyrrole nitrogens is 1. The van der Waals surface area contributed by atoms with E-state index in [2.05, 4.69) is 39.4 Å². The van der Waals surface area contributed by atoms with Crippen LogP contribution in [0.3, 0.4) is 0 Å². The predicted octanol–water partition coefficient (Wildman–Crippen LogP) is 4.31. The molecular weight excluding hydrogens is 434 g/mol. The van der Waals surface area contributed by atoms with E-state index >= 15 is 0 Å². The maximum Gasteiger partial charge on any atom is 0.243 e. The Balaban J connectivity index is 1.14. The number of nitrogens with one attached hydrogen (secondary N) is 1. The Kier molecular flexibility index (Phi) is 4.96. The number of piperidine rings is 1. The van der Waals surface area contributed by atoms with E-state index < -0.39 is 11.6 Å². The smallest absolute Gasteiger partial charge is 0.243 e. The SMILES string of the molecule is O=C1C(=O)c2ccccc2C2=C1SCC1(CCN(Cc3ccc(-c4cn[nH]c4)cc3)CC1)O2. The third-order valence-electron chi connectivity index (χ3n) is 6.79. The molecule has 2 aromatic carbocycles. The van der Waals surface area contributed by atoms with Gasteiger partial charge in [-0.15, -0.1) is 11.8 Å². The zero-order valence-corrected chi connectivity index (χ0v) is 18.9. The van der Waals surface area contributed by atoms with Gasteiger partial charge in [-0.25, -0.2) is 0 Å². The summed E-state index contributed by atoms with van der Waals surface area (Å²) in [5, 5.41) is 6.87. The molecule has 166 valence electrons. The van der Waals surface area contributed by atoms with Crippen LogP contribution in [0, 0.1) is 0 Å². The Morgan fingerprint density at radius 3 is 2.45 bits per heavy atom. The number of ether oxygens (including phenoxy) is 1. The minimum Gasteiger partial charge on any atom is -0.484 e. The first-order valence-electron chi connectivity index (χ1n) is 11.2. The molecular formula is C26H23N3O3S. The van der Waals surface area contributed by atoms with Crippen LogP contribution in [0.4, 0.5) is 0 Å². The largest absolute Gasteiger partial charge is 0.484 e. The molecule has 7 heteroatoms. The number of aromatic amines is 1. The summed E-state index contributed by atoms with van der Waals surface area (Å²) in [6.07, 6.45) is 5.52. The molecule has 2 aliphatic heterocycles. The molecule has 33 heavy (non-hydrogen) atoms. The number of thioether (sulfide) groups is 1. The standard InChI is InChI=1S/C26H23N3O3S/c30-22-20-3-1-2-4-21(20)24-25(23(22)31)33-16-26(32-24)9-11-29(12-10-26)15-17-5-7-18(8-6-17)19-13-27-28-14-19/h1-8,13-14H,9-12,15-16H2,(H,27,28). The number of likely N-dealkylation sites (tertiary alicyclic amines) is 1. The monoisotopic (exact) mass is 457 g/mol. The Morgan fingerprint density at radius 1 is 0.970 bits per heavy atom. The second-order valence-electron chi connectivity index (χ2n) is 8.90. The van der Waals surface area contributed by atoms with Gasteiger partial charge in [0.2, 0.25) is 11.6 Å². The molecule has 0 atom stereocenters. The van der Waals surface area contributed by atoms with Gasteiger partial charge in [-0.1, -0.05) is 48.5 Å². The average Bonchev–Trinajstić information content (AvgIpc) is 3.40. The molecule has 0 unspecified atom stereocenters. The molecule has 0 bridgehead atoms. The van der Waals surface area contributed by atoms with Gasteiger partial charge in [-0.2, -0.15) is 5.10 Å². The first kappa shape index (κ1) is 20.4. The first-order valence-corrected chi connectivity index (χ1v) is 12.2. The number of carbonyl (C=O) groups excluding carboxylic acids is 2. The van der Waals surface area contributed by atoms with E-state index in [0.717, 1.165) is 49.2 Å². The summed E-state index contributed by atoms with van der Waals surface area (Å²) in [7, 11) is 0. The highest BCUT2D eigenvalue weighted by Crippen LogP contribution is 2.47. The van der Waals surface area contributed by atoms with Gasteiger partial charge in [0, 0.05) is 61.1 Å². The number of benzene rings is 2. The van der Waals surface area contributed by atoms with Crippen LogP contribution in [0.25, 0.3) is 16.9 Å². The van der Waals surface area contributed by atoms with Crippen molar-refractivity contribution in [2.24, 2.45) is 0 Å². The van der Waals surface area contributed by atoms with Crippen LogP contribution in [0.15, 0.2) is 65.8 Å². The van der Waals surface area contributed by atoms with Gasteiger partial charge < -0.3 is 4.74 Å². The van der Waals surface area contributed by atoms with E-state index in [1.807, 2.05) is 24.5 Å². The molecule has 1 aliphatic carbocycles. The summed E-state index contributed by atoms with van der Waals surface area (Å²) in [6.45, 7) is 2.76. The summed E-state index contributed by atoms with van der Waals surface area (Å²) in [6, 6.07) is 15.9. The summed E-state index contributed by atoms with van der Waals surface area (Å²) < 4.78 is 6.57. The molecule has 6 nitrogen and oxygen atoms in total. The van der Waals surface area contributed by atoms with Crippen molar-refractivity contribution < 1.29 is 14.3 Å². The Hall–Kier alpha value is -3.16. The van der Waals surface area contributed by atoms with Gasteiger partial charge in [0.25, 0.3) is 0 Å². The van der Waals surface area contributed by atoms with E-state index in [-0.39, 0.29) is 5.60 Å². The van der Waals surface area contributed by atoms with Crippen molar-refractivity contribution in [3.05, 3.63) is 82.5 Å². The Labute approximate surface area is 196 Å². The lowest BCUT2D eigenvalue weighted by molar-refractivity contribution is -0.111. The molecule has 3 heterocycles. The Bertz CT molecular complexity index is 1260. The molecule has 0 radical (unpaired) electrons. The molecule has 1 saturated heterocycles. The average molecular weight is 458 g/mol. The van der Waals surface area contributed by atoms with Gasteiger partial charge in [-0.05, 0) is 11.1 Å². The topological polar surface area (TPSA) is 75.3 Å². The van der Waals surface area contributed by atoms with Gasteiger partial charge in [0.1, 0.15) is 16.3 Å². The van der Waals surface area contributed by atoms with E-state index in [9.17, 15) is 9.59 Å². The van der Waals surface area contributed by atoms with E-state index in [1.54, 1.807) is 12.1 Å². The summed E-state index contributed by atoms with van der Waals surface area (Å²) >= 11 is 1.49. The fourth-order valence-corrected chi connectivity index (χ4v) is 6.11. The number of carbonyl (C=O) groups is 2. The van der Waals surface area contributed by atoms with Crippen molar-refractivity contribution in [1.29, 1.82) is 0 Å². The van der Waals surface area contributed by atoms with Crippen molar-refractivity contribution in [3.63, 3.8) is 0 Å². The second-order valence-corrected chi connectivity index (χ2v) is 9.88. The minimum absolute atomic E-state index is 0.293. The maximum atomic E-state index is 12.6. The third kappa shape index (κ3) is 3.61. The lowest BCUT2D eigenvalue weighted by atomic mass is 9.90. The fraction of sp³-hybridized carbons (Fsp3) is 0.269.